The Morgan fingerprint density at radius 3 is 2.73 bits per heavy atom. The fourth-order valence-corrected chi connectivity index (χ4v) is 6.03. The van der Waals surface area contributed by atoms with Crippen LogP contribution in [-0.4, -0.2) is 37.2 Å². The molecule has 0 saturated heterocycles. The van der Waals surface area contributed by atoms with Gasteiger partial charge in [-0.1, -0.05) is 31.0 Å². The fourth-order valence-electron chi connectivity index (χ4n) is 6.03. The summed E-state index contributed by atoms with van der Waals surface area (Å²) in [5.41, 5.74) is 4.52. The van der Waals surface area contributed by atoms with Crippen LogP contribution < -0.4 is 10.3 Å². The van der Waals surface area contributed by atoms with Gasteiger partial charge in [0.25, 0.3) is 5.56 Å². The van der Waals surface area contributed by atoms with Gasteiger partial charge >= 0.3 is 0 Å². The van der Waals surface area contributed by atoms with Crippen LogP contribution in [0.2, 0.25) is 0 Å². The van der Waals surface area contributed by atoms with Gasteiger partial charge in [0, 0.05) is 23.0 Å². The number of nitrogens with zero attached hydrogens (tertiary/aromatic N) is 5. The second-order valence-corrected chi connectivity index (χ2v) is 10.8. The Hall–Kier alpha value is -4.24. The van der Waals surface area contributed by atoms with Crippen LogP contribution in [0, 0.1) is 13.8 Å². The Bertz CT molecular complexity index is 1670. The number of hydrogen-bond acceptors (Lipinski definition) is 7. The van der Waals surface area contributed by atoms with E-state index in [9.17, 15) is 4.79 Å². The van der Waals surface area contributed by atoms with Crippen molar-refractivity contribution >= 4 is 10.9 Å². The number of aromatic amines is 1. The van der Waals surface area contributed by atoms with Gasteiger partial charge in [-0.05, 0) is 90.2 Å². The highest BCUT2D eigenvalue weighted by atomic mass is 16.5. The molecule has 9 heteroatoms. The molecule has 1 aliphatic carbocycles. The van der Waals surface area contributed by atoms with Gasteiger partial charge in [-0.15, -0.1) is 5.10 Å². The smallest absolute Gasteiger partial charge is 0.253 e. The molecule has 1 N–H and O–H groups in total. The van der Waals surface area contributed by atoms with Crippen LogP contribution in [0.25, 0.3) is 10.9 Å². The molecule has 0 bridgehead atoms. The number of nitrogens with one attached hydrogen (secondary N) is 1. The highest BCUT2D eigenvalue weighted by molar-refractivity contribution is 5.83. The number of fused-ring (bicyclic) bond motifs is 1. The zero-order valence-corrected chi connectivity index (χ0v) is 23.1. The summed E-state index contributed by atoms with van der Waals surface area (Å²) in [5, 5.41) is 14.2. The van der Waals surface area contributed by atoms with E-state index < -0.39 is 6.04 Å². The molecule has 9 nitrogen and oxygen atoms in total. The predicted molar refractivity (Wildman–Crippen MR) is 152 cm³/mol. The minimum atomic E-state index is -0.527. The van der Waals surface area contributed by atoms with E-state index in [-0.39, 0.29) is 11.6 Å². The maximum Gasteiger partial charge on any atom is 0.253 e. The van der Waals surface area contributed by atoms with Gasteiger partial charge in [-0.3, -0.25) is 9.69 Å². The SMILES string of the molecule is COc1cccc(CN(Cc2ccco2)C(c2cc3c(C)cc(C)cc3[nH]c2=O)c2nnnn2C2CCCC2)c1. The van der Waals surface area contributed by atoms with Crippen LogP contribution in [0.1, 0.15) is 71.6 Å². The van der Waals surface area contributed by atoms with Crippen molar-refractivity contribution in [3.05, 3.63) is 105 Å². The number of aromatic nitrogens is 5. The lowest BCUT2D eigenvalue weighted by Gasteiger charge is -2.31. The minimum Gasteiger partial charge on any atom is -0.497 e. The molecule has 0 amide bonds. The van der Waals surface area contributed by atoms with E-state index in [1.54, 1.807) is 13.4 Å². The van der Waals surface area contributed by atoms with E-state index in [1.165, 1.54) is 0 Å². The van der Waals surface area contributed by atoms with Gasteiger partial charge in [0.2, 0.25) is 0 Å². The molecule has 206 valence electrons. The van der Waals surface area contributed by atoms with Crippen LogP contribution in [0.15, 0.2) is 70.1 Å². The van der Waals surface area contributed by atoms with Crippen molar-refractivity contribution < 1.29 is 9.15 Å². The molecule has 3 heterocycles. The van der Waals surface area contributed by atoms with Crippen molar-refractivity contribution in [3.63, 3.8) is 0 Å². The quantitative estimate of drug-likeness (QED) is 0.259. The largest absolute Gasteiger partial charge is 0.497 e. The molecule has 0 radical (unpaired) electrons. The maximum atomic E-state index is 13.9. The van der Waals surface area contributed by atoms with Crippen LogP contribution in [0.4, 0.5) is 0 Å². The zero-order valence-electron chi connectivity index (χ0n) is 23.1. The van der Waals surface area contributed by atoms with Gasteiger partial charge in [0.15, 0.2) is 5.82 Å². The zero-order chi connectivity index (χ0) is 27.6. The molecule has 5 aromatic rings. The predicted octanol–water partition coefficient (Wildman–Crippen LogP) is 5.64. The van der Waals surface area contributed by atoms with Crippen molar-refractivity contribution in [3.8, 4) is 5.75 Å². The number of hydrogen-bond donors (Lipinski definition) is 1. The monoisotopic (exact) mass is 538 g/mol. The van der Waals surface area contributed by atoms with Gasteiger partial charge < -0.3 is 14.1 Å². The summed E-state index contributed by atoms with van der Waals surface area (Å²) in [7, 11) is 1.66. The van der Waals surface area contributed by atoms with E-state index in [0.717, 1.165) is 64.8 Å². The van der Waals surface area contributed by atoms with E-state index in [1.807, 2.05) is 54.1 Å². The molecule has 3 aromatic heterocycles. The topological polar surface area (TPSA) is 102 Å². The molecule has 1 unspecified atom stereocenters. The summed E-state index contributed by atoms with van der Waals surface area (Å²) in [4.78, 5) is 19.3. The van der Waals surface area contributed by atoms with E-state index in [2.05, 4.69) is 44.5 Å². The Kier molecular flexibility index (Phi) is 7.21. The number of tetrazole rings is 1. The third kappa shape index (κ3) is 5.16. The van der Waals surface area contributed by atoms with Crippen LogP contribution in [0.5, 0.6) is 5.75 Å². The molecule has 1 fully saturated rings. The number of rotatable bonds is 9. The molecular formula is C31H34N6O3. The third-order valence-corrected chi connectivity index (χ3v) is 7.89. The van der Waals surface area contributed by atoms with Crippen molar-refractivity contribution in [2.24, 2.45) is 0 Å². The first-order valence-corrected chi connectivity index (χ1v) is 13.8. The first-order chi connectivity index (χ1) is 19.5. The molecule has 1 saturated carbocycles. The van der Waals surface area contributed by atoms with Crippen LogP contribution in [-0.2, 0) is 13.1 Å². The molecule has 0 spiro atoms. The summed E-state index contributed by atoms with van der Waals surface area (Å²) < 4.78 is 13.3. The van der Waals surface area contributed by atoms with Crippen LogP contribution >= 0.6 is 0 Å². The highest BCUT2D eigenvalue weighted by Crippen LogP contribution is 2.35. The molecule has 1 atom stereocenters. The van der Waals surface area contributed by atoms with Gasteiger partial charge in [-0.25, -0.2) is 4.68 Å². The standard InChI is InChI=1S/C31H34N6O3/c1-20-14-21(2)26-17-27(31(38)32-28(26)15-20)29(30-33-34-35-37(30)23-9-4-5-10-23)36(19-25-12-7-13-40-25)18-22-8-6-11-24(16-22)39-3/h6-8,11-17,23,29H,4-5,9-10,18-19H2,1-3H3,(H,32,38). The van der Waals surface area contributed by atoms with E-state index in [0.29, 0.717) is 24.5 Å². The average Bonchev–Trinajstić information content (AvgIpc) is 3.73. The second kappa shape index (κ2) is 11.1. The van der Waals surface area contributed by atoms with Gasteiger partial charge in [-0.2, -0.15) is 0 Å². The Labute approximate surface area is 232 Å². The van der Waals surface area contributed by atoms with Crippen molar-refractivity contribution in [2.45, 2.75) is 64.7 Å². The number of aryl methyl sites for hydroxylation is 2. The summed E-state index contributed by atoms with van der Waals surface area (Å²) >= 11 is 0. The summed E-state index contributed by atoms with van der Waals surface area (Å²) in [6.07, 6.45) is 6.00. The number of H-pyrrole nitrogens is 1. The molecule has 2 aromatic carbocycles. The number of pyridine rings is 1. The first kappa shape index (κ1) is 26.0. The molecular weight excluding hydrogens is 504 g/mol. The molecule has 40 heavy (non-hydrogen) atoms. The lowest BCUT2D eigenvalue weighted by atomic mass is 9.99. The van der Waals surface area contributed by atoms with E-state index in [4.69, 9.17) is 9.15 Å². The summed E-state index contributed by atoms with van der Waals surface area (Å²) in [6, 6.07) is 17.7. The molecule has 1 aliphatic rings. The average molecular weight is 539 g/mol. The minimum absolute atomic E-state index is 0.154. The van der Waals surface area contributed by atoms with Crippen molar-refractivity contribution in [2.75, 3.05) is 7.11 Å². The second-order valence-electron chi connectivity index (χ2n) is 10.8. The number of methoxy groups -OCH3 is 1. The fraction of sp³-hybridized carbons (Fsp3) is 0.355. The summed E-state index contributed by atoms with van der Waals surface area (Å²) in [5.74, 6) is 2.23. The number of ether oxygens (including phenoxy) is 1. The van der Waals surface area contributed by atoms with E-state index >= 15 is 0 Å². The Morgan fingerprint density at radius 1 is 1.10 bits per heavy atom. The van der Waals surface area contributed by atoms with Crippen molar-refractivity contribution in [1.29, 1.82) is 0 Å². The number of furan rings is 1. The normalized spacial score (nSPS) is 14.8. The van der Waals surface area contributed by atoms with Gasteiger partial charge in [0.05, 0.1) is 26.0 Å². The Balaban J connectivity index is 1.55. The first-order valence-electron chi connectivity index (χ1n) is 13.8. The summed E-state index contributed by atoms with van der Waals surface area (Å²) in [6.45, 7) is 5.09. The number of benzene rings is 2. The third-order valence-electron chi connectivity index (χ3n) is 7.89. The lowest BCUT2D eigenvalue weighted by Crippen LogP contribution is -2.35. The van der Waals surface area contributed by atoms with Crippen molar-refractivity contribution in [1.82, 2.24) is 30.1 Å². The molecule has 0 aliphatic heterocycles. The van der Waals surface area contributed by atoms with Gasteiger partial charge in [0.1, 0.15) is 17.6 Å². The Morgan fingerprint density at radius 2 is 1.95 bits per heavy atom. The lowest BCUT2D eigenvalue weighted by molar-refractivity contribution is 0.176. The van der Waals surface area contributed by atoms with Crippen LogP contribution in [0.3, 0.4) is 0 Å². The maximum absolute atomic E-state index is 13.9. The molecule has 6 rings (SSSR count). The highest BCUT2D eigenvalue weighted by Gasteiger charge is 2.34.